The number of primary amides is 1. The molecule has 0 bridgehead atoms. The minimum Gasteiger partial charge on any atom is -0.371 e. The molecule has 44 heavy (non-hydrogen) atoms. The van der Waals surface area contributed by atoms with Crippen molar-refractivity contribution in [3.8, 4) is 0 Å². The lowest BCUT2D eigenvalue weighted by Gasteiger charge is -2.43. The molecule has 0 spiro atoms. The molecule has 3 fully saturated rings. The van der Waals surface area contributed by atoms with E-state index in [1.54, 1.807) is 0 Å². The molecule has 3 aliphatic heterocycles. The standard InChI is InChI=1S/C33H49N9O2/c1-5-27-32(35-22-24-9-13-42(14-10-24)29(43)6-2)38-33(30(37-27)31(34)44)36-25-7-8-28(23(3)21-25)41-15-11-26(12-16-41)40-19-17-39(4)18-20-40/h6-8,21,24,26H,2,5,9-20,22H2,1,3-4H3,(H2,34,44)(H2,35,36,38). The van der Waals surface area contributed by atoms with E-state index in [0.29, 0.717) is 42.3 Å². The Bertz CT molecular complexity index is 1320. The lowest BCUT2D eigenvalue weighted by atomic mass is 9.96. The van der Waals surface area contributed by atoms with Gasteiger partial charge in [-0.15, -0.1) is 0 Å². The average molecular weight is 604 g/mol. The minimum atomic E-state index is -0.614. The Balaban J connectivity index is 1.23. The third kappa shape index (κ3) is 7.50. The molecule has 4 heterocycles. The first-order valence-electron chi connectivity index (χ1n) is 16.2. The Kier molecular flexibility index (Phi) is 10.4. The van der Waals surface area contributed by atoms with Crippen molar-refractivity contribution < 1.29 is 9.59 Å². The van der Waals surface area contributed by atoms with Gasteiger partial charge in [-0.3, -0.25) is 14.5 Å². The van der Waals surface area contributed by atoms with Gasteiger partial charge >= 0.3 is 0 Å². The van der Waals surface area contributed by atoms with Crippen molar-refractivity contribution in [3.05, 3.63) is 47.8 Å². The van der Waals surface area contributed by atoms with E-state index in [0.717, 1.165) is 57.8 Å². The second kappa shape index (κ2) is 14.4. The van der Waals surface area contributed by atoms with E-state index in [-0.39, 0.29) is 11.6 Å². The van der Waals surface area contributed by atoms with E-state index < -0.39 is 5.91 Å². The molecule has 3 aliphatic rings. The largest absolute Gasteiger partial charge is 0.371 e. The van der Waals surface area contributed by atoms with Gasteiger partial charge in [-0.25, -0.2) is 9.97 Å². The number of piperazine rings is 1. The summed E-state index contributed by atoms with van der Waals surface area (Å²) < 4.78 is 0. The first kappa shape index (κ1) is 31.7. The van der Waals surface area contributed by atoms with E-state index in [1.165, 1.54) is 43.3 Å². The number of nitrogens with zero attached hydrogens (tertiary/aromatic N) is 6. The van der Waals surface area contributed by atoms with E-state index in [9.17, 15) is 9.59 Å². The fourth-order valence-electron chi connectivity index (χ4n) is 6.73. The Morgan fingerprint density at radius 3 is 2.32 bits per heavy atom. The quantitative estimate of drug-likeness (QED) is 0.351. The number of aromatic nitrogens is 2. The zero-order chi connectivity index (χ0) is 31.2. The molecule has 0 saturated carbocycles. The molecule has 0 atom stereocenters. The number of likely N-dealkylation sites (tertiary alicyclic amines) is 1. The maximum absolute atomic E-state index is 12.4. The van der Waals surface area contributed by atoms with Crippen LogP contribution < -0.4 is 21.3 Å². The summed E-state index contributed by atoms with van der Waals surface area (Å²) in [5.74, 6) is 0.786. The van der Waals surface area contributed by atoms with Crippen LogP contribution in [0.15, 0.2) is 30.9 Å². The highest BCUT2D eigenvalue weighted by Gasteiger charge is 2.28. The van der Waals surface area contributed by atoms with Gasteiger partial charge in [0, 0.05) is 76.3 Å². The van der Waals surface area contributed by atoms with Crippen LogP contribution in [0.5, 0.6) is 0 Å². The van der Waals surface area contributed by atoms with Gasteiger partial charge in [0.15, 0.2) is 11.5 Å². The van der Waals surface area contributed by atoms with Crippen LogP contribution in [0.4, 0.5) is 23.0 Å². The number of hydrogen-bond acceptors (Lipinski definition) is 9. The zero-order valence-electron chi connectivity index (χ0n) is 26.6. The number of aryl methyl sites for hydroxylation is 2. The molecule has 238 valence electrons. The van der Waals surface area contributed by atoms with E-state index in [2.05, 4.69) is 63.0 Å². The molecule has 5 rings (SSSR count). The Morgan fingerprint density at radius 2 is 1.70 bits per heavy atom. The van der Waals surface area contributed by atoms with Crippen molar-refractivity contribution in [2.24, 2.45) is 11.7 Å². The van der Waals surface area contributed by atoms with Gasteiger partial charge in [-0.05, 0) is 81.8 Å². The van der Waals surface area contributed by atoms with Gasteiger partial charge < -0.3 is 31.1 Å². The molecular formula is C33H49N9O2. The molecular weight excluding hydrogens is 554 g/mol. The number of carbonyl (C=O) groups is 2. The summed E-state index contributed by atoms with van der Waals surface area (Å²) in [6.07, 6.45) is 6.18. The lowest BCUT2D eigenvalue weighted by molar-refractivity contribution is -0.127. The van der Waals surface area contributed by atoms with Crippen LogP contribution >= 0.6 is 0 Å². The van der Waals surface area contributed by atoms with Crippen LogP contribution in [0.1, 0.15) is 54.4 Å². The van der Waals surface area contributed by atoms with Gasteiger partial charge in [0.1, 0.15) is 5.82 Å². The van der Waals surface area contributed by atoms with Gasteiger partial charge in [-0.2, -0.15) is 0 Å². The van der Waals surface area contributed by atoms with E-state index in [4.69, 9.17) is 10.7 Å². The molecule has 0 radical (unpaired) electrons. The predicted octanol–water partition coefficient (Wildman–Crippen LogP) is 3.24. The number of amides is 2. The predicted molar refractivity (Wildman–Crippen MR) is 177 cm³/mol. The monoisotopic (exact) mass is 603 g/mol. The average Bonchev–Trinajstić information content (AvgIpc) is 3.04. The molecule has 2 amide bonds. The number of benzene rings is 1. The Hall–Kier alpha value is -3.70. The highest BCUT2D eigenvalue weighted by atomic mass is 16.2. The third-order valence-electron chi connectivity index (χ3n) is 9.51. The Morgan fingerprint density at radius 1 is 1.00 bits per heavy atom. The normalized spacial score (nSPS) is 19.2. The molecule has 0 unspecified atom stereocenters. The molecule has 11 heteroatoms. The summed E-state index contributed by atoms with van der Waals surface area (Å²) in [5, 5.41) is 6.81. The summed E-state index contributed by atoms with van der Waals surface area (Å²) in [7, 11) is 2.21. The topological polar surface area (TPSA) is 123 Å². The number of nitrogens with two attached hydrogens (primary N) is 1. The van der Waals surface area contributed by atoms with Crippen LogP contribution in [-0.4, -0.2) is 108 Å². The summed E-state index contributed by atoms with van der Waals surface area (Å²) in [6, 6.07) is 6.98. The van der Waals surface area contributed by atoms with Crippen molar-refractivity contribution in [2.45, 2.75) is 52.0 Å². The highest BCUT2D eigenvalue weighted by molar-refractivity contribution is 5.96. The summed E-state index contributed by atoms with van der Waals surface area (Å²) >= 11 is 0. The first-order valence-corrected chi connectivity index (χ1v) is 16.2. The van der Waals surface area contributed by atoms with Crippen molar-refractivity contribution >= 4 is 34.8 Å². The van der Waals surface area contributed by atoms with Gasteiger partial charge in [0.25, 0.3) is 5.91 Å². The van der Waals surface area contributed by atoms with E-state index >= 15 is 0 Å². The lowest BCUT2D eigenvalue weighted by Crippen LogP contribution is -2.52. The number of carbonyl (C=O) groups excluding carboxylic acids is 2. The van der Waals surface area contributed by atoms with E-state index in [1.807, 2.05) is 17.9 Å². The van der Waals surface area contributed by atoms with Gasteiger partial charge in [0.05, 0.1) is 5.69 Å². The number of likely N-dealkylation sites (N-methyl/N-ethyl adjacent to an activating group) is 1. The zero-order valence-corrected chi connectivity index (χ0v) is 26.6. The van der Waals surface area contributed by atoms with Crippen LogP contribution in [-0.2, 0) is 11.2 Å². The fourth-order valence-corrected chi connectivity index (χ4v) is 6.73. The first-order chi connectivity index (χ1) is 21.2. The number of hydrogen-bond donors (Lipinski definition) is 3. The van der Waals surface area contributed by atoms with Gasteiger partial charge in [-0.1, -0.05) is 13.5 Å². The van der Waals surface area contributed by atoms with Crippen molar-refractivity contribution in [1.29, 1.82) is 0 Å². The summed E-state index contributed by atoms with van der Waals surface area (Å²) in [4.78, 5) is 43.2. The molecule has 2 aromatic rings. The molecule has 1 aromatic carbocycles. The molecule has 4 N–H and O–H groups in total. The summed E-state index contributed by atoms with van der Waals surface area (Å²) in [6.45, 7) is 16.6. The molecule has 11 nitrogen and oxygen atoms in total. The smallest absolute Gasteiger partial charge is 0.271 e. The van der Waals surface area contributed by atoms with Crippen LogP contribution in [0.2, 0.25) is 0 Å². The molecule has 0 aliphatic carbocycles. The SMILES string of the molecule is C=CC(=O)N1CCC(CNc2nc(Nc3ccc(N4CCC(N5CCN(C)CC5)CC4)c(C)c3)c(C(N)=O)nc2CC)CC1. The minimum absolute atomic E-state index is 0.0117. The van der Waals surface area contributed by atoms with Crippen molar-refractivity contribution in [2.75, 3.05) is 81.5 Å². The van der Waals surface area contributed by atoms with Crippen molar-refractivity contribution in [1.82, 2.24) is 24.7 Å². The third-order valence-corrected chi connectivity index (χ3v) is 9.51. The maximum atomic E-state index is 12.4. The molecule has 1 aromatic heterocycles. The Labute approximate surface area is 261 Å². The maximum Gasteiger partial charge on any atom is 0.271 e. The van der Waals surface area contributed by atoms with Crippen molar-refractivity contribution in [3.63, 3.8) is 0 Å². The number of rotatable bonds is 10. The fraction of sp³-hybridized carbons (Fsp3) is 0.576. The molecule has 3 saturated heterocycles. The highest BCUT2D eigenvalue weighted by Crippen LogP contribution is 2.30. The summed E-state index contributed by atoms with van der Waals surface area (Å²) in [5.41, 5.74) is 9.85. The number of piperidine rings is 2. The number of nitrogens with one attached hydrogen (secondary N) is 2. The van der Waals surface area contributed by atoms with Crippen LogP contribution in [0, 0.1) is 12.8 Å². The van der Waals surface area contributed by atoms with Crippen LogP contribution in [0.3, 0.4) is 0 Å². The van der Waals surface area contributed by atoms with Crippen LogP contribution in [0.25, 0.3) is 0 Å². The second-order valence-corrected chi connectivity index (χ2v) is 12.5. The second-order valence-electron chi connectivity index (χ2n) is 12.5. The number of anilines is 4. The van der Waals surface area contributed by atoms with Gasteiger partial charge in [0.2, 0.25) is 5.91 Å².